The van der Waals surface area contributed by atoms with Crippen LogP contribution in [0, 0.1) is 0 Å². The summed E-state index contributed by atoms with van der Waals surface area (Å²) < 4.78 is 49.2. The van der Waals surface area contributed by atoms with Crippen LogP contribution in [0.1, 0.15) is 25.1 Å². The second-order valence-corrected chi connectivity index (χ2v) is 6.57. The number of carbonyl (C=O) groups is 1. The largest absolute Gasteiger partial charge is 0.491 e. The molecule has 0 unspecified atom stereocenters. The number of pyridine rings is 2. The predicted molar refractivity (Wildman–Crippen MR) is 111 cm³/mol. The number of carbonyl (C=O) groups excluding carboxylic acids is 1. The minimum atomic E-state index is -4.69. The van der Waals surface area contributed by atoms with E-state index in [0.717, 1.165) is 0 Å². The number of alkyl halides is 3. The molecular formula is C18H19F3N6O3S. The molecule has 0 saturated heterocycles. The zero-order valence-corrected chi connectivity index (χ0v) is 17.5. The van der Waals surface area contributed by atoms with Crippen molar-refractivity contribution in [3.63, 3.8) is 0 Å². The highest BCUT2D eigenvalue weighted by atomic mass is 32.1. The molecule has 0 fully saturated rings. The number of thiocarbonyl (C=S) groups is 1. The van der Waals surface area contributed by atoms with Gasteiger partial charge in [-0.3, -0.25) is 4.98 Å². The van der Waals surface area contributed by atoms with E-state index < -0.39 is 23.6 Å². The van der Waals surface area contributed by atoms with Gasteiger partial charge in [0.1, 0.15) is 11.4 Å². The lowest BCUT2D eigenvalue weighted by Gasteiger charge is -2.13. The second kappa shape index (κ2) is 10.0. The number of nitrogens with one attached hydrogen (secondary N) is 2. The van der Waals surface area contributed by atoms with Crippen molar-refractivity contribution in [3.05, 3.63) is 41.9 Å². The SMILES string of the molecule is CNC(=O)Oc1cc(C(F)(F)F)cnc1NC(=S)/N=C(\N)c1cc(OC(C)C)ccn1. The van der Waals surface area contributed by atoms with E-state index in [1.807, 2.05) is 13.8 Å². The molecule has 0 aliphatic heterocycles. The fraction of sp³-hybridized carbons (Fsp3) is 0.278. The first kappa shape index (κ1) is 23.8. The molecular weight excluding hydrogens is 437 g/mol. The first-order valence-corrected chi connectivity index (χ1v) is 9.15. The fourth-order valence-corrected chi connectivity index (χ4v) is 2.31. The van der Waals surface area contributed by atoms with Gasteiger partial charge in [0.05, 0.1) is 11.7 Å². The highest BCUT2D eigenvalue weighted by Crippen LogP contribution is 2.33. The number of ether oxygens (including phenoxy) is 2. The van der Waals surface area contributed by atoms with E-state index in [1.54, 1.807) is 12.1 Å². The molecule has 2 heterocycles. The van der Waals surface area contributed by atoms with Crippen LogP contribution in [-0.2, 0) is 6.18 Å². The lowest BCUT2D eigenvalue weighted by Crippen LogP contribution is -2.24. The Labute approximate surface area is 180 Å². The zero-order valence-electron chi connectivity index (χ0n) is 16.6. The van der Waals surface area contributed by atoms with Gasteiger partial charge in [-0.1, -0.05) is 0 Å². The number of amidine groups is 1. The Kier molecular flexibility index (Phi) is 7.69. The van der Waals surface area contributed by atoms with Gasteiger partial charge < -0.3 is 25.8 Å². The molecule has 0 aliphatic rings. The van der Waals surface area contributed by atoms with E-state index in [1.165, 1.54) is 13.2 Å². The minimum absolute atomic E-state index is 0.0688. The van der Waals surface area contributed by atoms with Crippen LogP contribution in [0.4, 0.5) is 23.8 Å². The molecule has 2 aromatic heterocycles. The van der Waals surface area contributed by atoms with E-state index in [2.05, 4.69) is 25.6 Å². The number of anilines is 1. The van der Waals surface area contributed by atoms with Crippen molar-refractivity contribution in [2.24, 2.45) is 10.7 Å². The van der Waals surface area contributed by atoms with Gasteiger partial charge >= 0.3 is 12.3 Å². The summed E-state index contributed by atoms with van der Waals surface area (Å²) >= 11 is 5.07. The van der Waals surface area contributed by atoms with Gasteiger partial charge in [-0.25, -0.2) is 14.8 Å². The lowest BCUT2D eigenvalue weighted by molar-refractivity contribution is -0.137. The van der Waals surface area contributed by atoms with Gasteiger partial charge in [0.15, 0.2) is 17.4 Å². The van der Waals surface area contributed by atoms with Crippen LogP contribution in [0.2, 0.25) is 0 Å². The minimum Gasteiger partial charge on any atom is -0.491 e. The van der Waals surface area contributed by atoms with Crippen LogP contribution in [0.3, 0.4) is 0 Å². The van der Waals surface area contributed by atoms with Crippen molar-refractivity contribution in [2.45, 2.75) is 26.1 Å². The van der Waals surface area contributed by atoms with E-state index in [0.29, 0.717) is 18.0 Å². The smallest absolute Gasteiger partial charge is 0.418 e. The molecule has 0 bridgehead atoms. The van der Waals surface area contributed by atoms with Crippen molar-refractivity contribution >= 4 is 35.1 Å². The molecule has 0 radical (unpaired) electrons. The van der Waals surface area contributed by atoms with E-state index in [-0.39, 0.29) is 28.6 Å². The Morgan fingerprint density at radius 3 is 2.61 bits per heavy atom. The van der Waals surface area contributed by atoms with Gasteiger partial charge in [0.2, 0.25) is 5.11 Å². The topological polar surface area (TPSA) is 124 Å². The zero-order chi connectivity index (χ0) is 23.2. The number of aliphatic imine (C=N–C) groups is 1. The van der Waals surface area contributed by atoms with Gasteiger partial charge in [0.25, 0.3) is 0 Å². The summed E-state index contributed by atoms with van der Waals surface area (Å²) in [5, 5.41) is 4.37. The molecule has 0 aromatic carbocycles. The molecule has 0 spiro atoms. The quantitative estimate of drug-likeness (QED) is 0.356. The summed E-state index contributed by atoms with van der Waals surface area (Å²) in [7, 11) is 1.25. The number of aromatic nitrogens is 2. The number of halogens is 3. The van der Waals surface area contributed by atoms with Crippen molar-refractivity contribution in [1.29, 1.82) is 0 Å². The fourth-order valence-electron chi connectivity index (χ4n) is 2.11. The molecule has 2 aromatic rings. The average Bonchev–Trinajstić information content (AvgIpc) is 2.68. The van der Waals surface area contributed by atoms with Crippen LogP contribution in [0.5, 0.6) is 11.5 Å². The number of hydrogen-bond donors (Lipinski definition) is 3. The summed E-state index contributed by atoms with van der Waals surface area (Å²) in [5.41, 5.74) is 5.06. The third-order valence-corrected chi connectivity index (χ3v) is 3.59. The number of rotatable bonds is 5. The van der Waals surface area contributed by atoms with Crippen LogP contribution >= 0.6 is 12.2 Å². The predicted octanol–water partition coefficient (Wildman–Crippen LogP) is 3.10. The van der Waals surface area contributed by atoms with Gasteiger partial charge in [-0.05, 0) is 38.2 Å². The van der Waals surface area contributed by atoms with Gasteiger partial charge in [-0.2, -0.15) is 13.2 Å². The van der Waals surface area contributed by atoms with E-state index in [4.69, 9.17) is 27.4 Å². The van der Waals surface area contributed by atoms with Crippen LogP contribution in [0.15, 0.2) is 35.6 Å². The van der Waals surface area contributed by atoms with E-state index in [9.17, 15) is 18.0 Å². The highest BCUT2D eigenvalue weighted by molar-refractivity contribution is 7.80. The van der Waals surface area contributed by atoms with Crippen molar-refractivity contribution in [1.82, 2.24) is 15.3 Å². The molecule has 166 valence electrons. The molecule has 13 heteroatoms. The van der Waals surface area contributed by atoms with Gasteiger partial charge in [0, 0.05) is 25.5 Å². The third-order valence-electron chi connectivity index (χ3n) is 3.40. The summed E-state index contributed by atoms with van der Waals surface area (Å²) in [6, 6.07) is 3.80. The maximum atomic E-state index is 13.0. The van der Waals surface area contributed by atoms with Crippen LogP contribution in [-0.4, -0.2) is 40.2 Å². The summed E-state index contributed by atoms with van der Waals surface area (Å²) in [6.45, 7) is 3.71. The summed E-state index contributed by atoms with van der Waals surface area (Å²) in [4.78, 5) is 23.1. The standard InChI is InChI=1S/C18H19F3N6O3S/c1-9(2)29-11-4-5-24-12(7-11)14(22)26-16(31)27-15-13(30-17(28)23-3)6-10(8-25-15)18(19,20)21/h4-9H,1-3H3,(H,23,28)(H3,22,25,26,27,31). The van der Waals surface area contributed by atoms with Crippen molar-refractivity contribution < 1.29 is 27.4 Å². The number of nitrogens with zero attached hydrogens (tertiary/aromatic N) is 3. The van der Waals surface area contributed by atoms with E-state index >= 15 is 0 Å². The monoisotopic (exact) mass is 456 g/mol. The van der Waals surface area contributed by atoms with Crippen LogP contribution < -0.4 is 25.8 Å². The maximum Gasteiger partial charge on any atom is 0.418 e. The highest BCUT2D eigenvalue weighted by Gasteiger charge is 2.32. The first-order valence-electron chi connectivity index (χ1n) is 8.74. The lowest BCUT2D eigenvalue weighted by atomic mass is 10.2. The Balaban J connectivity index is 2.26. The maximum absolute atomic E-state index is 13.0. The van der Waals surface area contributed by atoms with Gasteiger partial charge in [-0.15, -0.1) is 0 Å². The Hall–Kier alpha value is -3.48. The average molecular weight is 456 g/mol. The third kappa shape index (κ3) is 7.06. The molecule has 1 amide bonds. The van der Waals surface area contributed by atoms with Crippen molar-refractivity contribution in [2.75, 3.05) is 12.4 Å². The molecule has 0 saturated carbocycles. The second-order valence-electron chi connectivity index (χ2n) is 6.18. The summed E-state index contributed by atoms with van der Waals surface area (Å²) in [5.74, 6) is -0.325. The Morgan fingerprint density at radius 2 is 2.00 bits per heavy atom. The molecule has 4 N–H and O–H groups in total. The number of amides is 1. The summed E-state index contributed by atoms with van der Waals surface area (Å²) in [6.07, 6.45) is -3.73. The van der Waals surface area contributed by atoms with Crippen molar-refractivity contribution in [3.8, 4) is 11.5 Å². The Morgan fingerprint density at radius 1 is 1.29 bits per heavy atom. The molecule has 9 nitrogen and oxygen atoms in total. The first-order chi connectivity index (χ1) is 14.5. The van der Waals surface area contributed by atoms with Crippen LogP contribution in [0.25, 0.3) is 0 Å². The molecule has 0 aliphatic carbocycles. The molecule has 2 rings (SSSR count). The molecule has 31 heavy (non-hydrogen) atoms. The number of hydrogen-bond acceptors (Lipinski definition) is 6. The molecule has 0 atom stereocenters. The number of nitrogens with two attached hydrogens (primary N) is 1. The normalized spacial score (nSPS) is 11.8. The Bertz CT molecular complexity index is 998.